The summed E-state index contributed by atoms with van der Waals surface area (Å²) in [5.41, 5.74) is 2.14. The Balaban J connectivity index is 1.83. The Morgan fingerprint density at radius 2 is 1.61 bits per heavy atom. The first-order valence-corrected chi connectivity index (χ1v) is 12.4. The quantitative estimate of drug-likeness (QED) is 0.341. The molecule has 0 N–H and O–H groups in total. The number of aromatic nitrogens is 1. The van der Waals surface area contributed by atoms with Crippen molar-refractivity contribution in [3.8, 4) is 22.8 Å². The zero-order valence-electron chi connectivity index (χ0n) is 21.8. The van der Waals surface area contributed by atoms with Crippen molar-refractivity contribution in [2.45, 2.75) is 51.1 Å². The number of hydrogen-bond donors (Lipinski definition) is 0. The molecular formula is C27H36N2O7. The van der Waals surface area contributed by atoms with Crippen LogP contribution < -0.4 is 19.9 Å². The van der Waals surface area contributed by atoms with E-state index in [4.69, 9.17) is 23.7 Å². The smallest absolute Gasteiger partial charge is 0.343 e. The number of fused-ring (bicyclic) bond motifs is 6. The second-order valence-corrected chi connectivity index (χ2v) is 9.76. The number of carbonyl (C=O) groups excluding carboxylic acids is 1. The van der Waals surface area contributed by atoms with E-state index >= 15 is 0 Å². The van der Waals surface area contributed by atoms with E-state index in [0.29, 0.717) is 43.6 Å². The number of carbonyl (C=O) groups is 1. The second-order valence-electron chi connectivity index (χ2n) is 9.76. The van der Waals surface area contributed by atoms with Crippen LogP contribution in [-0.2, 0) is 14.2 Å². The SMILES string of the molecule is COCCCOc1cc2c(cc1OCCCOC)[C@@H]1CCC(C)(C)N1n1cc(C(=O)OC)c(=O)cc1-2. The van der Waals surface area contributed by atoms with Gasteiger partial charge in [-0.2, -0.15) is 0 Å². The van der Waals surface area contributed by atoms with Crippen molar-refractivity contribution in [3.63, 3.8) is 0 Å². The average molecular weight is 501 g/mol. The van der Waals surface area contributed by atoms with Crippen LogP contribution in [0.1, 0.15) is 61.5 Å². The van der Waals surface area contributed by atoms with Gasteiger partial charge in [0.05, 0.1) is 37.6 Å². The highest BCUT2D eigenvalue weighted by Gasteiger charge is 2.45. The highest BCUT2D eigenvalue weighted by atomic mass is 16.5. The van der Waals surface area contributed by atoms with Gasteiger partial charge in [0.1, 0.15) is 5.56 Å². The van der Waals surface area contributed by atoms with Crippen LogP contribution in [0.4, 0.5) is 0 Å². The third-order valence-corrected chi connectivity index (χ3v) is 6.87. The number of methoxy groups -OCH3 is 3. The summed E-state index contributed by atoms with van der Waals surface area (Å²) < 4.78 is 29.4. The summed E-state index contributed by atoms with van der Waals surface area (Å²) in [6, 6.07) is 5.58. The standard InChI is InChI=1S/C27H36N2O7/c1-27(2)9-8-21-18-14-24(35-12-6-10-32-3)25(36-13-7-11-33-4)15-19(18)22-16-23(30)20(26(31)34-5)17-28(22)29(21)27/h14-17,21H,6-13H2,1-5H3/t21-/m0/s1. The third-order valence-electron chi connectivity index (χ3n) is 6.87. The summed E-state index contributed by atoms with van der Waals surface area (Å²) in [7, 11) is 4.62. The van der Waals surface area contributed by atoms with Crippen molar-refractivity contribution < 1.29 is 28.5 Å². The molecule has 0 unspecified atom stereocenters. The van der Waals surface area contributed by atoms with E-state index in [0.717, 1.165) is 36.8 Å². The summed E-state index contributed by atoms with van der Waals surface area (Å²) in [6.07, 6.45) is 4.99. The van der Waals surface area contributed by atoms with Gasteiger partial charge >= 0.3 is 5.97 Å². The van der Waals surface area contributed by atoms with Gasteiger partial charge in [0.2, 0.25) is 0 Å². The average Bonchev–Trinajstić information content (AvgIpc) is 3.19. The van der Waals surface area contributed by atoms with E-state index in [1.165, 1.54) is 13.2 Å². The van der Waals surface area contributed by atoms with Crippen molar-refractivity contribution in [2.75, 3.05) is 52.8 Å². The van der Waals surface area contributed by atoms with Crippen LogP contribution in [0, 0.1) is 0 Å². The van der Waals surface area contributed by atoms with Crippen LogP contribution in [0.5, 0.6) is 11.5 Å². The minimum absolute atomic E-state index is 0.0142. The topological polar surface area (TPSA) is 88.5 Å². The van der Waals surface area contributed by atoms with Gasteiger partial charge in [0, 0.05) is 58.1 Å². The summed E-state index contributed by atoms with van der Waals surface area (Å²) in [6.45, 7) is 6.52. The summed E-state index contributed by atoms with van der Waals surface area (Å²) in [5.74, 6) is 0.648. The van der Waals surface area contributed by atoms with Gasteiger partial charge in [-0.3, -0.25) is 14.5 Å². The first kappa shape index (κ1) is 26.0. The number of pyridine rings is 1. The number of esters is 1. The number of nitrogens with zero attached hydrogens (tertiary/aromatic N) is 2. The van der Waals surface area contributed by atoms with Crippen molar-refractivity contribution in [2.24, 2.45) is 0 Å². The Hall–Kier alpha value is -3.04. The molecule has 0 radical (unpaired) electrons. The molecule has 0 bridgehead atoms. The van der Waals surface area contributed by atoms with Gasteiger partial charge in [-0.05, 0) is 44.4 Å². The van der Waals surface area contributed by atoms with Crippen molar-refractivity contribution in [1.29, 1.82) is 0 Å². The Morgan fingerprint density at radius 3 is 2.22 bits per heavy atom. The molecule has 0 aliphatic carbocycles. The fourth-order valence-electron chi connectivity index (χ4n) is 5.11. The molecule has 9 heteroatoms. The fourth-order valence-corrected chi connectivity index (χ4v) is 5.11. The second kappa shape index (κ2) is 10.9. The lowest BCUT2D eigenvalue weighted by molar-refractivity contribution is 0.0598. The lowest BCUT2D eigenvalue weighted by atomic mass is 9.93. The maximum atomic E-state index is 12.9. The van der Waals surface area contributed by atoms with Gasteiger partial charge in [0.15, 0.2) is 16.9 Å². The van der Waals surface area contributed by atoms with Gasteiger partial charge in [-0.25, -0.2) is 4.79 Å². The molecule has 2 aliphatic heterocycles. The van der Waals surface area contributed by atoms with Crippen molar-refractivity contribution >= 4 is 5.97 Å². The lowest BCUT2D eigenvalue weighted by Gasteiger charge is -2.44. The molecule has 0 amide bonds. The van der Waals surface area contributed by atoms with Gasteiger partial charge in [0.25, 0.3) is 0 Å². The highest BCUT2D eigenvalue weighted by molar-refractivity contribution is 5.89. The monoisotopic (exact) mass is 500 g/mol. The molecule has 1 aromatic carbocycles. The molecule has 1 atom stereocenters. The first-order valence-electron chi connectivity index (χ1n) is 12.4. The number of hydrogen-bond acceptors (Lipinski definition) is 8. The van der Waals surface area contributed by atoms with E-state index in [1.807, 2.05) is 10.7 Å². The molecule has 0 saturated carbocycles. The lowest BCUT2D eigenvalue weighted by Crippen LogP contribution is -2.50. The molecule has 1 fully saturated rings. The minimum atomic E-state index is -0.642. The number of ether oxygens (including phenoxy) is 5. The molecule has 4 rings (SSSR count). The molecule has 196 valence electrons. The highest BCUT2D eigenvalue weighted by Crippen LogP contribution is 2.50. The van der Waals surface area contributed by atoms with Crippen LogP contribution >= 0.6 is 0 Å². The number of rotatable bonds is 11. The fraction of sp³-hybridized carbons (Fsp3) is 0.556. The van der Waals surface area contributed by atoms with Gasteiger partial charge in [-0.1, -0.05) is 0 Å². The van der Waals surface area contributed by atoms with E-state index in [2.05, 4.69) is 24.9 Å². The summed E-state index contributed by atoms with van der Waals surface area (Å²) >= 11 is 0. The predicted octanol–water partition coefficient (Wildman–Crippen LogP) is 3.70. The molecule has 2 aromatic rings. The summed E-state index contributed by atoms with van der Waals surface area (Å²) in [4.78, 5) is 25.3. The molecule has 1 aromatic heterocycles. The normalized spacial score (nSPS) is 17.2. The first-order chi connectivity index (χ1) is 17.3. The molecule has 36 heavy (non-hydrogen) atoms. The van der Waals surface area contributed by atoms with Crippen LogP contribution in [0.2, 0.25) is 0 Å². The van der Waals surface area contributed by atoms with E-state index < -0.39 is 5.97 Å². The van der Waals surface area contributed by atoms with Gasteiger partial charge < -0.3 is 23.7 Å². The van der Waals surface area contributed by atoms with Crippen molar-refractivity contribution in [3.05, 3.63) is 45.7 Å². The molecule has 3 heterocycles. The van der Waals surface area contributed by atoms with Crippen LogP contribution in [0.3, 0.4) is 0 Å². The Labute approximate surface area is 211 Å². The zero-order chi connectivity index (χ0) is 25.9. The molecule has 0 spiro atoms. The van der Waals surface area contributed by atoms with E-state index in [-0.39, 0.29) is 22.6 Å². The van der Waals surface area contributed by atoms with E-state index in [1.54, 1.807) is 20.4 Å². The zero-order valence-corrected chi connectivity index (χ0v) is 21.8. The minimum Gasteiger partial charge on any atom is -0.490 e. The predicted molar refractivity (Wildman–Crippen MR) is 136 cm³/mol. The van der Waals surface area contributed by atoms with Gasteiger partial charge in [-0.15, -0.1) is 0 Å². The van der Waals surface area contributed by atoms with Crippen LogP contribution in [-0.4, -0.2) is 63.9 Å². The Bertz CT molecular complexity index is 1160. The Kier molecular flexibility index (Phi) is 7.90. The number of benzene rings is 1. The van der Waals surface area contributed by atoms with Crippen LogP contribution in [0.15, 0.2) is 29.2 Å². The van der Waals surface area contributed by atoms with Crippen LogP contribution in [0.25, 0.3) is 11.3 Å². The molecule has 2 aliphatic rings. The summed E-state index contributed by atoms with van der Waals surface area (Å²) in [5, 5.41) is 2.25. The molecule has 1 saturated heterocycles. The Morgan fingerprint density at radius 1 is 0.972 bits per heavy atom. The maximum Gasteiger partial charge on any atom is 0.343 e. The van der Waals surface area contributed by atoms with Crippen molar-refractivity contribution in [1.82, 2.24) is 4.68 Å². The molecule has 9 nitrogen and oxygen atoms in total. The molecular weight excluding hydrogens is 464 g/mol. The maximum absolute atomic E-state index is 12.9. The largest absolute Gasteiger partial charge is 0.490 e. The van der Waals surface area contributed by atoms with E-state index in [9.17, 15) is 9.59 Å². The third kappa shape index (κ3) is 4.95.